The first-order valence-electron chi connectivity index (χ1n) is 10.6. The van der Waals surface area contributed by atoms with Crippen molar-refractivity contribution in [3.05, 3.63) is 29.8 Å². The number of aliphatic hydroxyl groups is 1. The van der Waals surface area contributed by atoms with Gasteiger partial charge in [-0.2, -0.15) is 0 Å². The third-order valence-corrected chi connectivity index (χ3v) is 5.48. The molecular formula is C22H36N4O3. The van der Waals surface area contributed by atoms with E-state index in [-0.39, 0.29) is 23.8 Å². The number of rotatable bonds is 10. The van der Waals surface area contributed by atoms with E-state index in [1.165, 1.54) is 0 Å². The third-order valence-electron chi connectivity index (χ3n) is 5.48. The standard InChI is InChI=1S/C22H36N4O3/c1-4-17(3)20(28)26-19-8-6-7-18(13-19)14-24-21(23-5-2)25-15-22(9-11-27)10-12-29-16-22/h6-8,13,17,27H,4-5,9-12,14-16H2,1-3H3,(H,26,28)(H2,23,24,25). The number of amides is 1. The number of ether oxygens (including phenoxy) is 1. The second-order valence-electron chi connectivity index (χ2n) is 7.82. The summed E-state index contributed by atoms with van der Waals surface area (Å²) in [7, 11) is 0. The number of aliphatic hydroxyl groups excluding tert-OH is 1. The van der Waals surface area contributed by atoms with Crippen molar-refractivity contribution in [3.8, 4) is 0 Å². The topological polar surface area (TPSA) is 95.0 Å². The number of nitrogens with one attached hydrogen (secondary N) is 3. The predicted octanol–water partition coefficient (Wildman–Crippen LogP) is 2.52. The van der Waals surface area contributed by atoms with Gasteiger partial charge in [0.15, 0.2) is 5.96 Å². The Morgan fingerprint density at radius 3 is 2.83 bits per heavy atom. The molecule has 1 amide bonds. The summed E-state index contributed by atoms with van der Waals surface area (Å²) < 4.78 is 5.56. The van der Waals surface area contributed by atoms with Gasteiger partial charge < -0.3 is 25.8 Å². The summed E-state index contributed by atoms with van der Waals surface area (Å²) in [6.45, 7) is 9.52. The number of anilines is 1. The van der Waals surface area contributed by atoms with Gasteiger partial charge in [0.1, 0.15) is 0 Å². The zero-order valence-corrected chi connectivity index (χ0v) is 18.0. The van der Waals surface area contributed by atoms with E-state index in [1.54, 1.807) is 0 Å². The Kier molecular flexibility index (Phi) is 9.41. The Morgan fingerprint density at radius 1 is 1.34 bits per heavy atom. The number of carbonyl (C=O) groups excluding carboxylic acids is 1. The van der Waals surface area contributed by atoms with Crippen molar-refractivity contribution in [3.63, 3.8) is 0 Å². The van der Waals surface area contributed by atoms with Crippen LogP contribution in [0.2, 0.25) is 0 Å². The molecule has 162 valence electrons. The van der Waals surface area contributed by atoms with Gasteiger partial charge in [-0.1, -0.05) is 26.0 Å². The minimum Gasteiger partial charge on any atom is -0.396 e. The summed E-state index contributed by atoms with van der Waals surface area (Å²) in [6.07, 6.45) is 2.48. The summed E-state index contributed by atoms with van der Waals surface area (Å²) in [5.41, 5.74) is 1.79. The van der Waals surface area contributed by atoms with E-state index < -0.39 is 0 Å². The van der Waals surface area contributed by atoms with Crippen molar-refractivity contribution >= 4 is 17.6 Å². The number of guanidine groups is 1. The quantitative estimate of drug-likeness (QED) is 0.355. The minimum absolute atomic E-state index is 0.00737. The van der Waals surface area contributed by atoms with Gasteiger partial charge in [-0.25, -0.2) is 4.99 Å². The summed E-state index contributed by atoms with van der Waals surface area (Å²) >= 11 is 0. The Hall–Kier alpha value is -2.12. The fourth-order valence-electron chi connectivity index (χ4n) is 3.29. The molecule has 1 aromatic carbocycles. The van der Waals surface area contributed by atoms with Gasteiger partial charge in [-0.15, -0.1) is 0 Å². The zero-order valence-electron chi connectivity index (χ0n) is 18.0. The molecule has 0 aliphatic carbocycles. The summed E-state index contributed by atoms with van der Waals surface area (Å²) in [4.78, 5) is 16.8. The molecule has 0 radical (unpaired) electrons. The van der Waals surface area contributed by atoms with Crippen LogP contribution in [0.4, 0.5) is 5.69 Å². The summed E-state index contributed by atoms with van der Waals surface area (Å²) in [5, 5.41) is 19.0. The Morgan fingerprint density at radius 2 is 2.17 bits per heavy atom. The first-order chi connectivity index (χ1) is 14.0. The lowest BCUT2D eigenvalue weighted by Gasteiger charge is -2.27. The third kappa shape index (κ3) is 7.33. The molecule has 1 heterocycles. The van der Waals surface area contributed by atoms with Gasteiger partial charge in [-0.3, -0.25) is 4.79 Å². The molecule has 7 heteroatoms. The Balaban J connectivity index is 1.98. The molecular weight excluding hydrogens is 368 g/mol. The van der Waals surface area contributed by atoms with Crippen LogP contribution in [0.15, 0.2) is 29.3 Å². The van der Waals surface area contributed by atoms with E-state index in [2.05, 4.69) is 20.9 Å². The Labute approximate surface area is 174 Å². The molecule has 2 atom stereocenters. The number of benzene rings is 1. The number of carbonyl (C=O) groups is 1. The lowest BCUT2D eigenvalue weighted by molar-refractivity contribution is -0.119. The van der Waals surface area contributed by atoms with Crippen molar-refractivity contribution in [2.45, 2.75) is 46.6 Å². The molecule has 7 nitrogen and oxygen atoms in total. The molecule has 2 rings (SSSR count). The van der Waals surface area contributed by atoms with Crippen LogP contribution in [-0.4, -0.2) is 49.9 Å². The van der Waals surface area contributed by atoms with Crippen molar-refractivity contribution < 1.29 is 14.6 Å². The second kappa shape index (κ2) is 11.8. The molecule has 1 fully saturated rings. The number of hydrogen-bond acceptors (Lipinski definition) is 4. The van der Waals surface area contributed by atoms with E-state index in [4.69, 9.17) is 4.74 Å². The van der Waals surface area contributed by atoms with E-state index in [9.17, 15) is 9.90 Å². The first-order valence-corrected chi connectivity index (χ1v) is 10.6. The van der Waals surface area contributed by atoms with Crippen LogP contribution in [0, 0.1) is 11.3 Å². The fourth-order valence-corrected chi connectivity index (χ4v) is 3.29. The largest absolute Gasteiger partial charge is 0.396 e. The Bertz CT molecular complexity index is 672. The molecule has 0 aromatic heterocycles. The van der Waals surface area contributed by atoms with Gasteiger partial charge >= 0.3 is 0 Å². The van der Waals surface area contributed by atoms with Gasteiger partial charge in [0.05, 0.1) is 13.2 Å². The van der Waals surface area contributed by atoms with Crippen molar-refractivity contribution in [2.75, 3.05) is 38.2 Å². The monoisotopic (exact) mass is 404 g/mol. The first kappa shape index (κ1) is 23.2. The van der Waals surface area contributed by atoms with E-state index in [0.717, 1.165) is 49.6 Å². The molecule has 0 spiro atoms. The molecule has 29 heavy (non-hydrogen) atoms. The van der Waals surface area contributed by atoms with Crippen LogP contribution < -0.4 is 16.0 Å². The number of aliphatic imine (C=N–C) groups is 1. The average molecular weight is 405 g/mol. The maximum atomic E-state index is 12.1. The molecule has 1 aromatic rings. The molecule has 1 aliphatic rings. The number of nitrogens with zero attached hydrogens (tertiary/aromatic N) is 1. The van der Waals surface area contributed by atoms with Gasteiger partial charge in [-0.05, 0) is 43.9 Å². The van der Waals surface area contributed by atoms with E-state index >= 15 is 0 Å². The molecule has 0 saturated carbocycles. The van der Waals surface area contributed by atoms with Crippen molar-refractivity contribution in [1.29, 1.82) is 0 Å². The highest BCUT2D eigenvalue weighted by Crippen LogP contribution is 2.31. The maximum absolute atomic E-state index is 12.1. The van der Waals surface area contributed by atoms with Crippen LogP contribution in [-0.2, 0) is 16.1 Å². The second-order valence-corrected chi connectivity index (χ2v) is 7.82. The van der Waals surface area contributed by atoms with Gasteiger partial charge in [0, 0.05) is 43.3 Å². The summed E-state index contributed by atoms with van der Waals surface area (Å²) in [5.74, 6) is 0.772. The van der Waals surface area contributed by atoms with Crippen LogP contribution in [0.25, 0.3) is 0 Å². The molecule has 1 saturated heterocycles. The van der Waals surface area contributed by atoms with Crippen molar-refractivity contribution in [2.24, 2.45) is 16.3 Å². The SMILES string of the molecule is CCNC(=NCc1cccc(NC(=O)C(C)CC)c1)NCC1(CCO)CCOC1. The van der Waals surface area contributed by atoms with Crippen LogP contribution in [0.3, 0.4) is 0 Å². The van der Waals surface area contributed by atoms with E-state index in [0.29, 0.717) is 19.7 Å². The van der Waals surface area contributed by atoms with Crippen LogP contribution in [0.1, 0.15) is 45.6 Å². The molecule has 0 bridgehead atoms. The summed E-state index contributed by atoms with van der Waals surface area (Å²) in [6, 6.07) is 7.80. The molecule has 1 aliphatic heterocycles. The van der Waals surface area contributed by atoms with Crippen LogP contribution >= 0.6 is 0 Å². The average Bonchev–Trinajstić information content (AvgIpc) is 3.18. The highest BCUT2D eigenvalue weighted by atomic mass is 16.5. The minimum atomic E-state index is -0.0366. The van der Waals surface area contributed by atoms with Gasteiger partial charge in [0.25, 0.3) is 0 Å². The maximum Gasteiger partial charge on any atom is 0.227 e. The molecule has 4 N–H and O–H groups in total. The zero-order chi connectivity index (χ0) is 21.1. The lowest BCUT2D eigenvalue weighted by atomic mass is 9.84. The van der Waals surface area contributed by atoms with Gasteiger partial charge in [0.2, 0.25) is 5.91 Å². The smallest absolute Gasteiger partial charge is 0.227 e. The number of hydrogen-bond donors (Lipinski definition) is 4. The molecule has 2 unspecified atom stereocenters. The highest BCUT2D eigenvalue weighted by molar-refractivity contribution is 5.92. The van der Waals surface area contributed by atoms with Crippen molar-refractivity contribution in [1.82, 2.24) is 10.6 Å². The lowest BCUT2D eigenvalue weighted by Crippen LogP contribution is -2.44. The van der Waals surface area contributed by atoms with Crippen LogP contribution in [0.5, 0.6) is 0 Å². The highest BCUT2D eigenvalue weighted by Gasteiger charge is 2.34. The fraction of sp³-hybridized carbons (Fsp3) is 0.636. The van der Waals surface area contributed by atoms with E-state index in [1.807, 2.05) is 45.0 Å². The predicted molar refractivity (Wildman–Crippen MR) is 117 cm³/mol. The normalized spacial score (nSPS) is 20.3.